The predicted molar refractivity (Wildman–Crippen MR) is 101 cm³/mol. The van der Waals surface area contributed by atoms with Crippen molar-refractivity contribution in [3.05, 3.63) is 59.7 Å². The highest BCUT2D eigenvalue weighted by Crippen LogP contribution is 2.43. The van der Waals surface area contributed by atoms with E-state index in [0.29, 0.717) is 6.42 Å². The van der Waals surface area contributed by atoms with Crippen molar-refractivity contribution in [2.24, 2.45) is 0 Å². The number of hydrogen-bond donors (Lipinski definition) is 0. The lowest BCUT2D eigenvalue weighted by atomic mass is 10.1. The SMILES string of the molecule is COc1ccc(C2SCCN2C(=O)CCc2ccccc2)c(OC)c1. The molecule has 4 nitrogen and oxygen atoms in total. The lowest BCUT2D eigenvalue weighted by molar-refractivity contribution is -0.131. The zero-order chi connectivity index (χ0) is 17.6. The summed E-state index contributed by atoms with van der Waals surface area (Å²) in [5, 5.41) is 0.00382. The second-order valence-electron chi connectivity index (χ2n) is 5.90. The molecule has 1 aliphatic rings. The van der Waals surface area contributed by atoms with Gasteiger partial charge in [-0.2, -0.15) is 0 Å². The van der Waals surface area contributed by atoms with Gasteiger partial charge in [0.2, 0.25) is 5.91 Å². The van der Waals surface area contributed by atoms with E-state index in [1.54, 1.807) is 26.0 Å². The number of aryl methyl sites for hydroxylation is 1. The number of carbonyl (C=O) groups is 1. The Morgan fingerprint density at radius 1 is 1.16 bits per heavy atom. The van der Waals surface area contributed by atoms with Crippen LogP contribution in [0.2, 0.25) is 0 Å². The molecule has 1 unspecified atom stereocenters. The van der Waals surface area contributed by atoms with Gasteiger partial charge in [0.15, 0.2) is 0 Å². The fourth-order valence-electron chi connectivity index (χ4n) is 3.05. The van der Waals surface area contributed by atoms with E-state index in [4.69, 9.17) is 9.47 Å². The first-order chi connectivity index (χ1) is 12.2. The highest BCUT2D eigenvalue weighted by molar-refractivity contribution is 7.99. The van der Waals surface area contributed by atoms with Crippen LogP contribution in [0.4, 0.5) is 0 Å². The van der Waals surface area contributed by atoms with Crippen molar-refractivity contribution in [3.8, 4) is 11.5 Å². The second kappa shape index (κ2) is 8.30. The van der Waals surface area contributed by atoms with Crippen molar-refractivity contribution in [1.82, 2.24) is 4.90 Å². The van der Waals surface area contributed by atoms with E-state index in [-0.39, 0.29) is 11.3 Å². The molecule has 1 atom stereocenters. The first-order valence-electron chi connectivity index (χ1n) is 8.40. The van der Waals surface area contributed by atoms with Crippen LogP contribution in [0.1, 0.15) is 22.9 Å². The maximum Gasteiger partial charge on any atom is 0.224 e. The highest BCUT2D eigenvalue weighted by Gasteiger charge is 2.32. The fraction of sp³-hybridized carbons (Fsp3) is 0.350. The third kappa shape index (κ3) is 4.10. The first kappa shape index (κ1) is 17.7. The molecule has 132 valence electrons. The van der Waals surface area contributed by atoms with Gasteiger partial charge >= 0.3 is 0 Å². The molecule has 0 saturated carbocycles. The molecule has 3 rings (SSSR count). The molecule has 1 fully saturated rings. The summed E-state index contributed by atoms with van der Waals surface area (Å²) in [6.45, 7) is 0.776. The van der Waals surface area contributed by atoms with Gasteiger partial charge in [0.05, 0.1) is 14.2 Å². The quantitative estimate of drug-likeness (QED) is 0.786. The van der Waals surface area contributed by atoms with E-state index >= 15 is 0 Å². The molecular formula is C20H23NO3S. The normalized spacial score (nSPS) is 16.7. The minimum Gasteiger partial charge on any atom is -0.497 e. The Morgan fingerprint density at radius 3 is 2.68 bits per heavy atom. The molecule has 0 radical (unpaired) electrons. The number of hydrogen-bond acceptors (Lipinski definition) is 4. The van der Waals surface area contributed by atoms with Gasteiger partial charge in [-0.15, -0.1) is 11.8 Å². The minimum atomic E-state index is 0.00382. The average molecular weight is 357 g/mol. The smallest absolute Gasteiger partial charge is 0.224 e. The van der Waals surface area contributed by atoms with Crippen LogP contribution >= 0.6 is 11.8 Å². The third-order valence-corrected chi connectivity index (χ3v) is 5.63. The molecule has 1 aliphatic heterocycles. The predicted octanol–water partition coefficient (Wildman–Crippen LogP) is 3.91. The monoisotopic (exact) mass is 357 g/mol. The number of thioether (sulfide) groups is 1. The molecule has 0 aromatic heterocycles. The van der Waals surface area contributed by atoms with Gasteiger partial charge in [0, 0.05) is 30.3 Å². The van der Waals surface area contributed by atoms with Crippen molar-refractivity contribution >= 4 is 17.7 Å². The molecule has 0 bridgehead atoms. The summed E-state index contributed by atoms with van der Waals surface area (Å²) in [7, 11) is 3.29. The Morgan fingerprint density at radius 2 is 1.96 bits per heavy atom. The van der Waals surface area contributed by atoms with Gasteiger partial charge in [-0.3, -0.25) is 4.79 Å². The summed E-state index contributed by atoms with van der Waals surface area (Å²) < 4.78 is 10.8. The highest BCUT2D eigenvalue weighted by atomic mass is 32.2. The standard InChI is InChI=1S/C20H23NO3S/c1-23-16-9-10-17(18(14-16)24-2)20-21(12-13-25-20)19(22)11-8-15-6-4-3-5-7-15/h3-7,9-10,14,20H,8,11-13H2,1-2H3. The van der Waals surface area contributed by atoms with Crippen LogP contribution in [0.3, 0.4) is 0 Å². The van der Waals surface area contributed by atoms with Gasteiger partial charge in [-0.05, 0) is 24.1 Å². The molecule has 0 spiro atoms. The molecule has 2 aromatic rings. The van der Waals surface area contributed by atoms with Gasteiger partial charge in [0.25, 0.3) is 0 Å². The summed E-state index contributed by atoms with van der Waals surface area (Å²) in [5.74, 6) is 2.65. The molecular weight excluding hydrogens is 334 g/mol. The molecule has 1 amide bonds. The van der Waals surface area contributed by atoms with Crippen molar-refractivity contribution in [2.75, 3.05) is 26.5 Å². The van der Waals surface area contributed by atoms with Crippen LogP contribution in [0, 0.1) is 0 Å². The average Bonchev–Trinajstić information content (AvgIpc) is 3.16. The summed E-state index contributed by atoms with van der Waals surface area (Å²) in [4.78, 5) is 14.7. The molecule has 25 heavy (non-hydrogen) atoms. The number of ether oxygens (including phenoxy) is 2. The Kier molecular flexibility index (Phi) is 5.87. The first-order valence-corrected chi connectivity index (χ1v) is 9.44. The van der Waals surface area contributed by atoms with E-state index in [9.17, 15) is 4.79 Å². The fourth-order valence-corrected chi connectivity index (χ4v) is 4.35. The van der Waals surface area contributed by atoms with Gasteiger partial charge in [-0.25, -0.2) is 0 Å². The number of amides is 1. The van der Waals surface area contributed by atoms with Crippen LogP contribution < -0.4 is 9.47 Å². The molecule has 2 aromatic carbocycles. The number of nitrogens with zero attached hydrogens (tertiary/aromatic N) is 1. The topological polar surface area (TPSA) is 38.8 Å². The Labute approximate surface area is 153 Å². The zero-order valence-electron chi connectivity index (χ0n) is 14.6. The van der Waals surface area contributed by atoms with Crippen molar-refractivity contribution in [3.63, 3.8) is 0 Å². The number of carbonyl (C=O) groups excluding carboxylic acids is 1. The molecule has 5 heteroatoms. The number of rotatable bonds is 6. The largest absolute Gasteiger partial charge is 0.497 e. The third-order valence-electron chi connectivity index (χ3n) is 4.39. The van der Waals surface area contributed by atoms with Crippen LogP contribution in [0.25, 0.3) is 0 Å². The Balaban J connectivity index is 1.73. The molecule has 0 aliphatic carbocycles. The second-order valence-corrected chi connectivity index (χ2v) is 7.09. The summed E-state index contributed by atoms with van der Waals surface area (Å²) in [6.07, 6.45) is 1.30. The van der Waals surface area contributed by atoms with E-state index in [0.717, 1.165) is 35.8 Å². The van der Waals surface area contributed by atoms with Gasteiger partial charge in [-0.1, -0.05) is 30.3 Å². The molecule has 0 N–H and O–H groups in total. The number of benzene rings is 2. The van der Waals surface area contributed by atoms with Gasteiger partial charge < -0.3 is 14.4 Å². The molecule has 1 heterocycles. The van der Waals surface area contributed by atoms with Crippen LogP contribution in [0.5, 0.6) is 11.5 Å². The van der Waals surface area contributed by atoms with Crippen LogP contribution in [-0.4, -0.2) is 37.3 Å². The summed E-state index contributed by atoms with van der Waals surface area (Å²) >= 11 is 1.78. The van der Waals surface area contributed by atoms with Crippen LogP contribution in [0.15, 0.2) is 48.5 Å². The van der Waals surface area contributed by atoms with E-state index in [1.807, 2.05) is 41.3 Å². The number of methoxy groups -OCH3 is 2. The lowest BCUT2D eigenvalue weighted by Gasteiger charge is -2.25. The minimum absolute atomic E-state index is 0.00382. The maximum atomic E-state index is 12.8. The van der Waals surface area contributed by atoms with Gasteiger partial charge in [0.1, 0.15) is 16.9 Å². The lowest BCUT2D eigenvalue weighted by Crippen LogP contribution is -2.30. The van der Waals surface area contributed by atoms with E-state index < -0.39 is 0 Å². The summed E-state index contributed by atoms with van der Waals surface area (Å²) in [5.41, 5.74) is 2.22. The van der Waals surface area contributed by atoms with Crippen LogP contribution in [-0.2, 0) is 11.2 Å². The maximum absolute atomic E-state index is 12.8. The Bertz CT molecular complexity index is 720. The van der Waals surface area contributed by atoms with E-state index in [1.165, 1.54) is 5.56 Å². The summed E-state index contributed by atoms with van der Waals surface area (Å²) in [6, 6.07) is 15.9. The Hall–Kier alpha value is -2.14. The zero-order valence-corrected chi connectivity index (χ0v) is 15.4. The molecule has 1 saturated heterocycles. The van der Waals surface area contributed by atoms with Crippen molar-refractivity contribution < 1.29 is 14.3 Å². The van der Waals surface area contributed by atoms with E-state index in [2.05, 4.69) is 12.1 Å². The van der Waals surface area contributed by atoms with Crippen molar-refractivity contribution in [1.29, 1.82) is 0 Å². The van der Waals surface area contributed by atoms with Crippen molar-refractivity contribution in [2.45, 2.75) is 18.2 Å².